The molecule has 0 bridgehead atoms. The van der Waals surface area contributed by atoms with Crippen molar-refractivity contribution in [1.29, 1.82) is 0 Å². The molecule has 0 heterocycles. The summed E-state index contributed by atoms with van der Waals surface area (Å²) in [5.74, 6) is -0.144. The van der Waals surface area contributed by atoms with Crippen LogP contribution in [0, 0.1) is 0 Å². The molecule has 0 atom stereocenters. The van der Waals surface area contributed by atoms with Gasteiger partial charge >= 0.3 is 5.97 Å². The Morgan fingerprint density at radius 3 is 2.34 bits per heavy atom. The highest BCUT2D eigenvalue weighted by Gasteiger charge is 2.13. The smallest absolute Gasteiger partial charge is 0.343 e. The molecular weight excluding hydrogens is 518 g/mol. The summed E-state index contributed by atoms with van der Waals surface area (Å²) in [6, 6.07) is 18.1. The fourth-order valence-electron chi connectivity index (χ4n) is 2.86. The first-order valence-corrected chi connectivity index (χ1v) is 11.1. The zero-order chi connectivity index (χ0) is 25.2. The maximum absolute atomic E-state index is 12.4. The molecule has 0 fully saturated rings. The van der Waals surface area contributed by atoms with Crippen molar-refractivity contribution in [3.8, 4) is 17.2 Å². The lowest BCUT2D eigenvalue weighted by atomic mass is 10.2. The van der Waals surface area contributed by atoms with Crippen LogP contribution in [-0.2, 0) is 4.79 Å². The van der Waals surface area contributed by atoms with Crippen molar-refractivity contribution in [3.63, 3.8) is 0 Å². The van der Waals surface area contributed by atoms with Gasteiger partial charge in [0, 0.05) is 10.0 Å². The third-order valence-corrected chi connectivity index (χ3v) is 5.10. The molecule has 0 aliphatic heterocycles. The molecular formula is C25H22BrN3O6. The highest BCUT2D eigenvalue weighted by molar-refractivity contribution is 9.10. The van der Waals surface area contributed by atoms with Crippen molar-refractivity contribution in [2.24, 2.45) is 5.10 Å². The Labute approximate surface area is 210 Å². The van der Waals surface area contributed by atoms with Gasteiger partial charge in [-0.2, -0.15) is 5.10 Å². The van der Waals surface area contributed by atoms with E-state index in [1.54, 1.807) is 60.7 Å². The summed E-state index contributed by atoms with van der Waals surface area (Å²) in [6.07, 6.45) is 1.42. The molecule has 0 radical (unpaired) electrons. The van der Waals surface area contributed by atoms with E-state index >= 15 is 0 Å². The largest absolute Gasteiger partial charge is 0.493 e. The molecule has 0 aliphatic carbocycles. The summed E-state index contributed by atoms with van der Waals surface area (Å²) in [7, 11) is 2.99. The molecule has 180 valence electrons. The van der Waals surface area contributed by atoms with Crippen molar-refractivity contribution < 1.29 is 28.6 Å². The van der Waals surface area contributed by atoms with Gasteiger partial charge in [-0.3, -0.25) is 9.59 Å². The first-order chi connectivity index (χ1) is 16.9. The second-order valence-electron chi connectivity index (χ2n) is 7.01. The van der Waals surface area contributed by atoms with Gasteiger partial charge in [-0.1, -0.05) is 22.0 Å². The van der Waals surface area contributed by atoms with Crippen molar-refractivity contribution in [2.45, 2.75) is 0 Å². The third kappa shape index (κ3) is 7.41. The summed E-state index contributed by atoms with van der Waals surface area (Å²) in [5.41, 5.74) is 3.74. The average Bonchev–Trinajstić information content (AvgIpc) is 2.87. The Balaban J connectivity index is 1.48. The van der Waals surface area contributed by atoms with Crippen molar-refractivity contribution >= 4 is 39.9 Å². The molecule has 0 saturated heterocycles. The average molecular weight is 540 g/mol. The van der Waals surface area contributed by atoms with Crippen LogP contribution in [0.3, 0.4) is 0 Å². The van der Waals surface area contributed by atoms with Gasteiger partial charge in [0.25, 0.3) is 11.8 Å². The third-order valence-electron chi connectivity index (χ3n) is 4.61. The number of hydrogen-bond acceptors (Lipinski definition) is 7. The highest BCUT2D eigenvalue weighted by Crippen LogP contribution is 2.28. The quantitative estimate of drug-likeness (QED) is 0.186. The number of hydrogen-bond donors (Lipinski definition) is 2. The number of carbonyl (C=O) groups excluding carboxylic acids is 3. The number of methoxy groups -OCH3 is 2. The topological polar surface area (TPSA) is 115 Å². The lowest BCUT2D eigenvalue weighted by molar-refractivity contribution is -0.120. The number of ether oxygens (including phenoxy) is 3. The number of esters is 1. The Hall–Kier alpha value is -4.18. The van der Waals surface area contributed by atoms with Gasteiger partial charge in [-0.25, -0.2) is 10.2 Å². The molecule has 10 heteroatoms. The Kier molecular flexibility index (Phi) is 8.96. The molecule has 2 N–H and O–H groups in total. The predicted molar refractivity (Wildman–Crippen MR) is 133 cm³/mol. The van der Waals surface area contributed by atoms with Gasteiger partial charge in [-0.05, 0) is 66.2 Å². The van der Waals surface area contributed by atoms with Crippen LogP contribution in [0.2, 0.25) is 0 Å². The summed E-state index contributed by atoms with van der Waals surface area (Å²) in [4.78, 5) is 36.4. The van der Waals surface area contributed by atoms with Crippen LogP contribution < -0.4 is 25.0 Å². The molecule has 3 rings (SSSR count). The molecule has 3 aromatic rings. The van der Waals surface area contributed by atoms with E-state index < -0.39 is 11.9 Å². The first-order valence-electron chi connectivity index (χ1n) is 10.3. The molecule has 3 aromatic carbocycles. The van der Waals surface area contributed by atoms with Crippen LogP contribution in [0.5, 0.6) is 17.2 Å². The maximum atomic E-state index is 12.4. The minimum absolute atomic E-state index is 0.228. The van der Waals surface area contributed by atoms with E-state index in [9.17, 15) is 14.4 Å². The lowest BCUT2D eigenvalue weighted by Crippen LogP contribution is -2.34. The van der Waals surface area contributed by atoms with Crippen molar-refractivity contribution in [1.82, 2.24) is 10.7 Å². The summed E-state index contributed by atoms with van der Waals surface area (Å²) in [5, 5.41) is 6.38. The predicted octanol–water partition coefficient (Wildman–Crippen LogP) is 3.57. The standard InChI is InChI=1S/C25H22BrN3O6/c1-33-21-11-8-18(13-22(21)34-2)25(32)35-20-9-6-16(7-10-20)14-28-29-23(30)15-27-24(31)17-4-3-5-19(26)12-17/h3-14H,15H2,1-2H3,(H,27,31)(H,29,30)/b28-14-. The van der Waals surface area contributed by atoms with E-state index in [2.05, 4.69) is 31.8 Å². The minimum Gasteiger partial charge on any atom is -0.493 e. The minimum atomic E-state index is -0.551. The molecule has 0 spiro atoms. The summed E-state index contributed by atoms with van der Waals surface area (Å²) >= 11 is 3.29. The van der Waals surface area contributed by atoms with Gasteiger partial charge < -0.3 is 19.5 Å². The van der Waals surface area contributed by atoms with Crippen LogP contribution in [0.25, 0.3) is 0 Å². The van der Waals surface area contributed by atoms with Crippen LogP contribution in [0.4, 0.5) is 0 Å². The number of carbonyl (C=O) groups is 3. The van der Waals surface area contributed by atoms with E-state index in [-0.39, 0.29) is 12.5 Å². The fraction of sp³-hybridized carbons (Fsp3) is 0.120. The lowest BCUT2D eigenvalue weighted by Gasteiger charge is -2.09. The van der Waals surface area contributed by atoms with Gasteiger partial charge in [0.05, 0.1) is 32.5 Å². The molecule has 2 amide bonds. The van der Waals surface area contributed by atoms with E-state index in [0.717, 1.165) is 4.47 Å². The van der Waals surface area contributed by atoms with Gasteiger partial charge in [0.1, 0.15) is 5.75 Å². The Bertz CT molecular complexity index is 1240. The van der Waals surface area contributed by atoms with Crippen LogP contribution >= 0.6 is 15.9 Å². The zero-order valence-corrected chi connectivity index (χ0v) is 20.5. The normalized spacial score (nSPS) is 10.5. The van der Waals surface area contributed by atoms with Gasteiger partial charge in [-0.15, -0.1) is 0 Å². The van der Waals surface area contributed by atoms with E-state index in [1.807, 2.05) is 0 Å². The number of hydrazone groups is 1. The maximum Gasteiger partial charge on any atom is 0.343 e. The molecule has 35 heavy (non-hydrogen) atoms. The second-order valence-corrected chi connectivity index (χ2v) is 7.93. The Morgan fingerprint density at radius 2 is 1.66 bits per heavy atom. The fourth-order valence-corrected chi connectivity index (χ4v) is 3.26. The van der Waals surface area contributed by atoms with Gasteiger partial charge in [0.2, 0.25) is 0 Å². The monoisotopic (exact) mass is 539 g/mol. The number of nitrogens with zero attached hydrogens (tertiary/aromatic N) is 1. The number of amides is 2. The van der Waals surface area contributed by atoms with Crippen molar-refractivity contribution in [2.75, 3.05) is 20.8 Å². The SMILES string of the molecule is COc1ccc(C(=O)Oc2ccc(/C=N\NC(=O)CNC(=O)c3cccc(Br)c3)cc2)cc1OC. The highest BCUT2D eigenvalue weighted by atomic mass is 79.9. The number of benzene rings is 3. The molecule has 0 saturated carbocycles. The summed E-state index contributed by atoms with van der Waals surface area (Å²) < 4.78 is 16.5. The van der Waals surface area contributed by atoms with E-state index in [1.165, 1.54) is 26.5 Å². The van der Waals surface area contributed by atoms with Crippen LogP contribution in [0.1, 0.15) is 26.3 Å². The van der Waals surface area contributed by atoms with E-state index in [4.69, 9.17) is 14.2 Å². The van der Waals surface area contributed by atoms with E-state index in [0.29, 0.717) is 33.9 Å². The Morgan fingerprint density at radius 1 is 0.914 bits per heavy atom. The number of halogens is 1. The molecule has 0 aromatic heterocycles. The van der Waals surface area contributed by atoms with Crippen LogP contribution in [0.15, 0.2) is 76.3 Å². The van der Waals surface area contributed by atoms with Gasteiger partial charge in [0.15, 0.2) is 11.5 Å². The van der Waals surface area contributed by atoms with Crippen LogP contribution in [-0.4, -0.2) is 44.8 Å². The molecule has 0 unspecified atom stereocenters. The number of rotatable bonds is 9. The number of nitrogens with one attached hydrogen (secondary N) is 2. The molecule has 9 nitrogen and oxygen atoms in total. The first kappa shape index (κ1) is 25.4. The second kappa shape index (κ2) is 12.3. The van der Waals surface area contributed by atoms with Crippen molar-refractivity contribution in [3.05, 3.63) is 87.9 Å². The summed E-state index contributed by atoms with van der Waals surface area (Å²) in [6.45, 7) is -0.228. The zero-order valence-electron chi connectivity index (χ0n) is 18.9. The molecule has 0 aliphatic rings.